The van der Waals surface area contributed by atoms with Crippen LogP contribution < -0.4 is 0 Å². The smallest absolute Gasteiger partial charge is 0.130 e. The molecule has 0 aromatic heterocycles. The third kappa shape index (κ3) is 25.2. The summed E-state index contributed by atoms with van der Waals surface area (Å²) in [6.07, 6.45) is 27.2. The van der Waals surface area contributed by atoms with E-state index in [1.807, 2.05) is 18.2 Å². The molecule has 192 valence electrons. The molecule has 4 nitrogen and oxygen atoms in total. The number of aliphatic hydroxyl groups excluding tert-OH is 3. The SMILES string of the molecule is CCCCC/C=C\CCCCCCCC(O)CC/C=C\C(O)CC(O)C/C=C\CCC(C)=O. The minimum atomic E-state index is -0.672. The maximum atomic E-state index is 10.9. The number of carbonyl (C=O) groups excluding carboxylic acids is 1. The molecular weight excluding hydrogens is 412 g/mol. The van der Waals surface area contributed by atoms with Crippen LogP contribution >= 0.6 is 0 Å². The summed E-state index contributed by atoms with van der Waals surface area (Å²) in [6.45, 7) is 3.81. The quantitative estimate of drug-likeness (QED) is 0.113. The van der Waals surface area contributed by atoms with E-state index in [4.69, 9.17) is 0 Å². The van der Waals surface area contributed by atoms with Gasteiger partial charge in [0.05, 0.1) is 18.3 Å². The lowest BCUT2D eigenvalue weighted by Gasteiger charge is -2.11. The summed E-state index contributed by atoms with van der Waals surface area (Å²) in [5.41, 5.74) is 0. The van der Waals surface area contributed by atoms with Gasteiger partial charge in [-0.1, -0.05) is 81.9 Å². The topological polar surface area (TPSA) is 77.8 Å². The van der Waals surface area contributed by atoms with Crippen molar-refractivity contribution in [2.45, 2.75) is 141 Å². The van der Waals surface area contributed by atoms with Crippen LogP contribution in [0.3, 0.4) is 0 Å². The molecule has 0 heterocycles. The number of carbonyl (C=O) groups is 1. The van der Waals surface area contributed by atoms with Crippen molar-refractivity contribution in [3.8, 4) is 0 Å². The second kappa shape index (κ2) is 23.9. The molecule has 3 unspecified atom stereocenters. The van der Waals surface area contributed by atoms with Crippen molar-refractivity contribution in [3.05, 3.63) is 36.5 Å². The van der Waals surface area contributed by atoms with E-state index < -0.39 is 12.2 Å². The Hall–Kier alpha value is -1.23. The molecule has 0 bridgehead atoms. The van der Waals surface area contributed by atoms with Gasteiger partial charge in [0.15, 0.2) is 0 Å². The molecule has 0 fully saturated rings. The number of unbranched alkanes of at least 4 members (excludes halogenated alkanes) is 8. The molecule has 4 heteroatoms. The van der Waals surface area contributed by atoms with Crippen molar-refractivity contribution in [1.29, 1.82) is 0 Å². The molecular formula is C29H52O4. The highest BCUT2D eigenvalue weighted by molar-refractivity contribution is 5.75. The summed E-state index contributed by atoms with van der Waals surface area (Å²) >= 11 is 0. The van der Waals surface area contributed by atoms with Gasteiger partial charge in [-0.3, -0.25) is 0 Å². The Labute approximate surface area is 203 Å². The van der Waals surface area contributed by atoms with Crippen LogP contribution in [-0.2, 0) is 4.79 Å². The predicted molar refractivity (Wildman–Crippen MR) is 140 cm³/mol. The zero-order valence-electron chi connectivity index (χ0n) is 21.5. The van der Waals surface area contributed by atoms with E-state index in [-0.39, 0.29) is 11.9 Å². The summed E-state index contributed by atoms with van der Waals surface area (Å²) in [7, 11) is 0. The number of rotatable bonds is 23. The molecule has 0 aromatic carbocycles. The van der Waals surface area contributed by atoms with Crippen molar-refractivity contribution in [1.82, 2.24) is 0 Å². The normalized spacial score (nSPS) is 15.1. The molecule has 3 atom stereocenters. The van der Waals surface area contributed by atoms with Crippen LogP contribution in [0.2, 0.25) is 0 Å². The van der Waals surface area contributed by atoms with E-state index in [0.29, 0.717) is 32.1 Å². The van der Waals surface area contributed by atoms with Gasteiger partial charge >= 0.3 is 0 Å². The molecule has 0 aliphatic rings. The summed E-state index contributed by atoms with van der Waals surface area (Å²) < 4.78 is 0. The predicted octanol–water partition coefficient (Wildman–Crippen LogP) is 6.98. The van der Waals surface area contributed by atoms with Crippen LogP contribution in [0.1, 0.15) is 123 Å². The second-order valence-corrected chi connectivity index (χ2v) is 9.38. The lowest BCUT2D eigenvalue weighted by molar-refractivity contribution is -0.116. The fourth-order valence-electron chi connectivity index (χ4n) is 3.72. The molecule has 0 saturated heterocycles. The Kier molecular flexibility index (Phi) is 23.0. The maximum absolute atomic E-state index is 10.9. The minimum Gasteiger partial charge on any atom is -0.393 e. The van der Waals surface area contributed by atoms with E-state index in [1.54, 1.807) is 13.0 Å². The van der Waals surface area contributed by atoms with Crippen molar-refractivity contribution in [2.24, 2.45) is 0 Å². The Bertz CT molecular complexity index is 524. The van der Waals surface area contributed by atoms with Crippen molar-refractivity contribution in [3.63, 3.8) is 0 Å². The Morgan fingerprint density at radius 1 is 0.697 bits per heavy atom. The molecule has 0 spiro atoms. The molecule has 0 radical (unpaired) electrons. The largest absolute Gasteiger partial charge is 0.393 e. The van der Waals surface area contributed by atoms with Gasteiger partial charge < -0.3 is 20.1 Å². The van der Waals surface area contributed by atoms with Crippen molar-refractivity contribution >= 4 is 5.78 Å². The van der Waals surface area contributed by atoms with Gasteiger partial charge in [0.2, 0.25) is 0 Å². The highest BCUT2D eigenvalue weighted by atomic mass is 16.3. The van der Waals surface area contributed by atoms with Crippen LogP contribution in [-0.4, -0.2) is 39.4 Å². The van der Waals surface area contributed by atoms with Gasteiger partial charge in [-0.15, -0.1) is 0 Å². The lowest BCUT2D eigenvalue weighted by atomic mass is 10.0. The summed E-state index contributed by atoms with van der Waals surface area (Å²) in [5, 5.41) is 30.1. The van der Waals surface area contributed by atoms with Crippen molar-refractivity contribution < 1.29 is 20.1 Å². The second-order valence-electron chi connectivity index (χ2n) is 9.38. The monoisotopic (exact) mass is 464 g/mol. The zero-order valence-corrected chi connectivity index (χ0v) is 21.5. The van der Waals surface area contributed by atoms with Gasteiger partial charge in [-0.2, -0.15) is 0 Å². The Morgan fingerprint density at radius 2 is 1.33 bits per heavy atom. The maximum Gasteiger partial charge on any atom is 0.130 e. The Balaban J connectivity index is 3.60. The van der Waals surface area contributed by atoms with E-state index in [9.17, 15) is 20.1 Å². The average molecular weight is 465 g/mol. The fraction of sp³-hybridized carbons (Fsp3) is 0.759. The van der Waals surface area contributed by atoms with Gasteiger partial charge in [0.1, 0.15) is 5.78 Å². The third-order valence-corrected chi connectivity index (χ3v) is 5.83. The van der Waals surface area contributed by atoms with Gasteiger partial charge in [-0.25, -0.2) is 0 Å². The first-order chi connectivity index (χ1) is 16.0. The van der Waals surface area contributed by atoms with E-state index in [1.165, 1.54) is 57.8 Å². The highest BCUT2D eigenvalue weighted by Crippen LogP contribution is 2.13. The molecule has 0 aliphatic heterocycles. The van der Waals surface area contributed by atoms with Crippen LogP contribution in [0.4, 0.5) is 0 Å². The first-order valence-electron chi connectivity index (χ1n) is 13.5. The molecule has 33 heavy (non-hydrogen) atoms. The number of hydrogen-bond acceptors (Lipinski definition) is 4. The first kappa shape index (κ1) is 31.8. The van der Waals surface area contributed by atoms with Crippen LogP contribution in [0.15, 0.2) is 36.5 Å². The highest BCUT2D eigenvalue weighted by Gasteiger charge is 2.08. The van der Waals surface area contributed by atoms with E-state index in [0.717, 1.165) is 19.3 Å². The third-order valence-electron chi connectivity index (χ3n) is 5.83. The van der Waals surface area contributed by atoms with E-state index in [2.05, 4.69) is 19.1 Å². The fourth-order valence-corrected chi connectivity index (χ4v) is 3.72. The van der Waals surface area contributed by atoms with Crippen LogP contribution in [0, 0.1) is 0 Å². The molecule has 0 saturated carbocycles. The van der Waals surface area contributed by atoms with Crippen LogP contribution in [0.25, 0.3) is 0 Å². The van der Waals surface area contributed by atoms with Gasteiger partial charge in [-0.05, 0) is 64.7 Å². The Morgan fingerprint density at radius 3 is 2.03 bits per heavy atom. The molecule has 0 rings (SSSR count). The number of hydrogen-bond donors (Lipinski definition) is 3. The summed E-state index contributed by atoms with van der Waals surface area (Å²) in [6, 6.07) is 0. The number of allylic oxidation sites excluding steroid dienone is 4. The number of aliphatic hydroxyl groups is 3. The van der Waals surface area contributed by atoms with E-state index >= 15 is 0 Å². The standard InChI is InChI=1S/C29H52O4/c1-3-4-5-6-7-8-9-10-11-12-13-16-21-27(31)22-18-19-24-29(33)25-28(32)23-17-14-15-20-26(2)30/h7-8,14,17,19,24,27-29,31-33H,3-6,9-13,15-16,18,20-23,25H2,1-2H3/b8-7-,17-14-,24-19-. The first-order valence-corrected chi connectivity index (χ1v) is 13.5. The van der Waals surface area contributed by atoms with Gasteiger partial charge in [0.25, 0.3) is 0 Å². The average Bonchev–Trinajstić information content (AvgIpc) is 2.77. The molecule has 0 aromatic rings. The van der Waals surface area contributed by atoms with Crippen LogP contribution in [0.5, 0.6) is 0 Å². The molecule has 0 amide bonds. The minimum absolute atomic E-state index is 0.165. The lowest BCUT2D eigenvalue weighted by Crippen LogP contribution is -2.15. The van der Waals surface area contributed by atoms with Crippen molar-refractivity contribution in [2.75, 3.05) is 0 Å². The summed E-state index contributed by atoms with van der Waals surface area (Å²) in [5.74, 6) is 0.165. The molecule has 3 N–H and O–H groups in total. The summed E-state index contributed by atoms with van der Waals surface area (Å²) in [4.78, 5) is 10.9. The zero-order chi connectivity index (χ0) is 24.6. The number of ketones is 1. The number of Topliss-reactive ketones (excluding diaryl/α,β-unsaturated/α-hetero) is 1. The molecule has 0 aliphatic carbocycles. The van der Waals surface area contributed by atoms with Gasteiger partial charge in [0, 0.05) is 12.8 Å².